The van der Waals surface area contributed by atoms with E-state index in [2.05, 4.69) is 15.3 Å². The molecule has 6 heteroatoms. The Morgan fingerprint density at radius 2 is 2.04 bits per heavy atom. The van der Waals surface area contributed by atoms with Gasteiger partial charge >= 0.3 is 0 Å². The van der Waals surface area contributed by atoms with Gasteiger partial charge in [0.1, 0.15) is 5.82 Å². The number of aromatic nitrogens is 2. The number of nitrogens with one attached hydrogen (secondary N) is 1. The molecule has 122 valence electrons. The molecule has 0 atom stereocenters. The second-order valence-electron chi connectivity index (χ2n) is 5.99. The third-order valence-electron chi connectivity index (χ3n) is 4.38. The number of anilines is 1. The molecule has 0 spiro atoms. The van der Waals surface area contributed by atoms with Gasteiger partial charge in [-0.1, -0.05) is 17.7 Å². The van der Waals surface area contributed by atoms with Crippen LogP contribution in [0.25, 0.3) is 11.3 Å². The quantitative estimate of drug-likeness (QED) is 0.833. The highest BCUT2D eigenvalue weighted by Gasteiger charge is 2.20. The summed E-state index contributed by atoms with van der Waals surface area (Å²) in [6.07, 6.45) is 6.02. The van der Waals surface area contributed by atoms with Crippen molar-refractivity contribution in [1.82, 2.24) is 9.97 Å². The van der Waals surface area contributed by atoms with Crippen molar-refractivity contribution in [1.29, 1.82) is 0 Å². The summed E-state index contributed by atoms with van der Waals surface area (Å²) in [5.74, 6) is 0.856. The minimum Gasteiger partial charge on any atom is -0.367 e. The van der Waals surface area contributed by atoms with Gasteiger partial charge in [-0.15, -0.1) is 0 Å². The van der Waals surface area contributed by atoms with Gasteiger partial charge in [-0.25, -0.2) is 9.97 Å². The molecule has 0 aliphatic heterocycles. The molecule has 3 rings (SSSR count). The number of nitrogens with two attached hydrogens (primary N) is 1. The van der Waals surface area contributed by atoms with Crippen molar-refractivity contribution in [3.05, 3.63) is 41.4 Å². The molecule has 0 amide bonds. The summed E-state index contributed by atoms with van der Waals surface area (Å²) < 4.78 is 13.3. The van der Waals surface area contributed by atoms with Gasteiger partial charge in [0.25, 0.3) is 0 Å². The first kappa shape index (κ1) is 16.1. The topological polar surface area (TPSA) is 63.8 Å². The third-order valence-corrected chi connectivity index (χ3v) is 4.68. The lowest BCUT2D eigenvalue weighted by Crippen LogP contribution is -2.29. The maximum Gasteiger partial charge on any atom is 0.213 e. The van der Waals surface area contributed by atoms with E-state index in [1.807, 2.05) is 6.07 Å². The Morgan fingerprint density at radius 3 is 2.74 bits per heavy atom. The Morgan fingerprint density at radius 1 is 1.26 bits per heavy atom. The summed E-state index contributed by atoms with van der Waals surface area (Å²) in [5, 5.41) is 3.90. The molecule has 2 heterocycles. The van der Waals surface area contributed by atoms with Crippen molar-refractivity contribution < 1.29 is 4.39 Å². The highest BCUT2D eigenvalue weighted by molar-refractivity contribution is 6.33. The number of rotatable bonds is 4. The van der Waals surface area contributed by atoms with E-state index in [0.29, 0.717) is 28.2 Å². The van der Waals surface area contributed by atoms with Crippen molar-refractivity contribution in [2.24, 2.45) is 11.7 Å². The first-order valence-corrected chi connectivity index (χ1v) is 8.28. The number of hydrogen-bond acceptors (Lipinski definition) is 4. The number of pyridine rings is 2. The van der Waals surface area contributed by atoms with Gasteiger partial charge < -0.3 is 11.1 Å². The van der Waals surface area contributed by atoms with E-state index in [4.69, 9.17) is 17.3 Å². The molecule has 1 aliphatic rings. The molecule has 2 aromatic heterocycles. The van der Waals surface area contributed by atoms with E-state index < -0.39 is 5.95 Å². The van der Waals surface area contributed by atoms with Crippen molar-refractivity contribution in [3.63, 3.8) is 0 Å². The normalized spacial score (nSPS) is 21.2. The van der Waals surface area contributed by atoms with Gasteiger partial charge in [0.15, 0.2) is 0 Å². The van der Waals surface area contributed by atoms with Gasteiger partial charge in [-0.05, 0) is 56.3 Å². The Hall–Kier alpha value is -1.72. The zero-order valence-corrected chi connectivity index (χ0v) is 13.6. The van der Waals surface area contributed by atoms with Crippen LogP contribution in [-0.4, -0.2) is 22.6 Å². The molecule has 0 bridgehead atoms. The second-order valence-corrected chi connectivity index (χ2v) is 6.40. The van der Waals surface area contributed by atoms with Crippen LogP contribution in [-0.2, 0) is 0 Å². The Labute approximate surface area is 140 Å². The Balaban J connectivity index is 1.76. The molecule has 1 fully saturated rings. The summed E-state index contributed by atoms with van der Waals surface area (Å²) in [4.78, 5) is 8.22. The fraction of sp³-hybridized carbons (Fsp3) is 0.412. The lowest BCUT2D eigenvalue weighted by molar-refractivity contribution is 0.344. The summed E-state index contributed by atoms with van der Waals surface area (Å²) >= 11 is 6.20. The predicted octanol–water partition coefficient (Wildman–Crippen LogP) is 3.87. The molecule has 0 aromatic carbocycles. The second kappa shape index (κ2) is 7.23. The molecule has 3 N–H and O–H groups in total. The van der Waals surface area contributed by atoms with E-state index in [1.54, 1.807) is 18.3 Å². The fourth-order valence-corrected chi connectivity index (χ4v) is 3.22. The summed E-state index contributed by atoms with van der Waals surface area (Å²) in [7, 11) is 0. The van der Waals surface area contributed by atoms with Crippen molar-refractivity contribution >= 4 is 17.4 Å². The van der Waals surface area contributed by atoms with Crippen LogP contribution in [0.1, 0.15) is 25.7 Å². The standard InChI is InChI=1S/C17H20ClFN4/c18-14-10-21-17(22-12-6-4-11(9-20)5-7-12)8-13(14)15-2-1-3-16(19)23-15/h1-3,8,10-12H,4-7,9,20H2,(H,21,22). The van der Waals surface area contributed by atoms with E-state index in [9.17, 15) is 4.39 Å². The summed E-state index contributed by atoms with van der Waals surface area (Å²) in [6.45, 7) is 0.765. The molecule has 4 nitrogen and oxygen atoms in total. The Bertz CT molecular complexity index is 671. The highest BCUT2D eigenvalue weighted by Crippen LogP contribution is 2.30. The van der Waals surface area contributed by atoms with Gasteiger partial charge in [0.05, 0.1) is 10.7 Å². The number of halogens is 2. The highest BCUT2D eigenvalue weighted by atomic mass is 35.5. The zero-order valence-electron chi connectivity index (χ0n) is 12.8. The molecule has 23 heavy (non-hydrogen) atoms. The van der Waals surface area contributed by atoms with E-state index in [-0.39, 0.29) is 0 Å². The summed E-state index contributed by atoms with van der Waals surface area (Å²) in [6, 6.07) is 6.89. The Kier molecular flexibility index (Phi) is 5.08. The monoisotopic (exact) mass is 334 g/mol. The average Bonchev–Trinajstić information content (AvgIpc) is 2.57. The molecule has 2 aromatic rings. The molecule has 1 aliphatic carbocycles. The minimum absolute atomic E-state index is 0.389. The van der Waals surface area contributed by atoms with Crippen LogP contribution in [0, 0.1) is 11.9 Å². The van der Waals surface area contributed by atoms with E-state index in [0.717, 1.165) is 38.0 Å². The third kappa shape index (κ3) is 3.98. The molecular formula is C17H20ClFN4. The van der Waals surface area contributed by atoms with Crippen LogP contribution < -0.4 is 11.1 Å². The largest absolute Gasteiger partial charge is 0.367 e. The first-order valence-electron chi connectivity index (χ1n) is 7.91. The number of hydrogen-bond donors (Lipinski definition) is 2. The predicted molar refractivity (Wildman–Crippen MR) is 90.9 cm³/mol. The molecule has 0 radical (unpaired) electrons. The van der Waals surface area contributed by atoms with E-state index >= 15 is 0 Å². The van der Waals surface area contributed by atoms with Crippen LogP contribution in [0.15, 0.2) is 30.5 Å². The fourth-order valence-electron chi connectivity index (χ4n) is 3.02. The van der Waals surface area contributed by atoms with Crippen molar-refractivity contribution in [2.75, 3.05) is 11.9 Å². The van der Waals surface area contributed by atoms with Crippen molar-refractivity contribution in [3.8, 4) is 11.3 Å². The molecule has 0 unspecified atom stereocenters. The minimum atomic E-state index is -0.523. The average molecular weight is 335 g/mol. The van der Waals surface area contributed by atoms with Crippen molar-refractivity contribution in [2.45, 2.75) is 31.7 Å². The number of nitrogens with zero attached hydrogens (tertiary/aromatic N) is 2. The zero-order chi connectivity index (χ0) is 16.2. The van der Waals surface area contributed by atoms with Crippen LogP contribution in [0.3, 0.4) is 0 Å². The van der Waals surface area contributed by atoms with E-state index in [1.165, 1.54) is 6.07 Å². The van der Waals surface area contributed by atoms with Gasteiger partial charge in [0, 0.05) is 17.8 Å². The lowest BCUT2D eigenvalue weighted by Gasteiger charge is -2.28. The van der Waals surface area contributed by atoms with Gasteiger partial charge in [0.2, 0.25) is 5.95 Å². The maximum atomic E-state index is 13.3. The van der Waals surface area contributed by atoms with Crippen LogP contribution >= 0.6 is 11.6 Å². The van der Waals surface area contributed by atoms with Gasteiger partial charge in [-0.2, -0.15) is 4.39 Å². The molecular weight excluding hydrogens is 315 g/mol. The first-order chi connectivity index (χ1) is 11.2. The van der Waals surface area contributed by atoms with Crippen LogP contribution in [0.4, 0.5) is 10.2 Å². The molecule has 0 saturated heterocycles. The van der Waals surface area contributed by atoms with Crippen LogP contribution in [0.5, 0.6) is 0 Å². The lowest BCUT2D eigenvalue weighted by atomic mass is 9.86. The van der Waals surface area contributed by atoms with Gasteiger partial charge in [-0.3, -0.25) is 0 Å². The molecule has 1 saturated carbocycles. The summed E-state index contributed by atoms with van der Waals surface area (Å²) in [5.41, 5.74) is 6.92. The smallest absolute Gasteiger partial charge is 0.213 e. The maximum absolute atomic E-state index is 13.3. The SMILES string of the molecule is NCC1CCC(Nc2cc(-c3cccc(F)n3)c(Cl)cn2)CC1. The van der Waals surface area contributed by atoms with Crippen LogP contribution in [0.2, 0.25) is 5.02 Å².